The normalized spacial score (nSPS) is 18.9. The highest BCUT2D eigenvalue weighted by Gasteiger charge is 2.20. The molecule has 0 aliphatic carbocycles. The van der Waals surface area contributed by atoms with Crippen LogP contribution < -0.4 is 0 Å². The molecule has 1 aliphatic heterocycles. The zero-order chi connectivity index (χ0) is 12.3. The third-order valence-electron chi connectivity index (χ3n) is 3.23. The number of nitrogens with zero attached hydrogens (tertiary/aromatic N) is 1. The number of benzene rings is 1. The van der Waals surface area contributed by atoms with Gasteiger partial charge in [-0.1, -0.05) is 0 Å². The highest BCUT2D eigenvalue weighted by Crippen LogP contribution is 2.29. The minimum atomic E-state index is 0.0961. The number of phenolic OH excluding ortho intramolecular Hbond substituents is 1. The third-order valence-corrected chi connectivity index (χ3v) is 3.23. The van der Waals surface area contributed by atoms with Gasteiger partial charge in [-0.15, -0.1) is 0 Å². The second-order valence-corrected chi connectivity index (χ2v) is 4.26. The lowest BCUT2D eigenvalue weighted by molar-refractivity contribution is 0.0194. The maximum atomic E-state index is 10.8. The van der Waals surface area contributed by atoms with Crippen molar-refractivity contribution >= 4 is 6.29 Å². The topological polar surface area (TPSA) is 49.8 Å². The average Bonchev–Trinajstić information content (AvgIpc) is 2.39. The molecule has 4 heteroatoms. The summed E-state index contributed by atoms with van der Waals surface area (Å²) in [6.45, 7) is 5.18. The van der Waals surface area contributed by atoms with E-state index >= 15 is 0 Å². The Morgan fingerprint density at radius 1 is 1.41 bits per heavy atom. The molecule has 17 heavy (non-hydrogen) atoms. The second-order valence-electron chi connectivity index (χ2n) is 4.26. The van der Waals surface area contributed by atoms with E-state index in [-0.39, 0.29) is 11.8 Å². The lowest BCUT2D eigenvalue weighted by Crippen LogP contribution is -2.38. The van der Waals surface area contributed by atoms with Crippen LogP contribution in [-0.2, 0) is 4.74 Å². The Balaban J connectivity index is 2.22. The molecule has 2 rings (SSSR count). The van der Waals surface area contributed by atoms with Crippen molar-refractivity contribution in [2.75, 3.05) is 26.3 Å². The van der Waals surface area contributed by atoms with Gasteiger partial charge in [-0.25, -0.2) is 0 Å². The lowest BCUT2D eigenvalue weighted by atomic mass is 10.0. The number of phenols is 1. The summed E-state index contributed by atoms with van der Waals surface area (Å²) < 4.78 is 5.30. The first-order chi connectivity index (χ1) is 8.22. The quantitative estimate of drug-likeness (QED) is 0.808. The maximum Gasteiger partial charge on any atom is 0.150 e. The van der Waals surface area contributed by atoms with Crippen LogP contribution in [0.15, 0.2) is 18.2 Å². The predicted octanol–water partition coefficient (Wildman–Crippen LogP) is 1.60. The fourth-order valence-corrected chi connectivity index (χ4v) is 2.14. The molecule has 1 atom stereocenters. The van der Waals surface area contributed by atoms with Crippen LogP contribution in [0.5, 0.6) is 5.75 Å². The van der Waals surface area contributed by atoms with E-state index in [0.717, 1.165) is 38.2 Å². The Hall–Kier alpha value is -1.39. The predicted molar refractivity (Wildman–Crippen MR) is 64.3 cm³/mol. The molecular formula is C13H17NO3. The number of morpholine rings is 1. The number of aldehydes is 1. The summed E-state index contributed by atoms with van der Waals surface area (Å²) in [7, 11) is 0. The molecule has 0 radical (unpaired) electrons. The van der Waals surface area contributed by atoms with E-state index in [2.05, 4.69) is 4.90 Å². The number of carbonyl (C=O) groups is 1. The van der Waals surface area contributed by atoms with Crippen LogP contribution >= 0.6 is 0 Å². The Morgan fingerprint density at radius 3 is 2.76 bits per heavy atom. The monoisotopic (exact) mass is 235 g/mol. The van der Waals surface area contributed by atoms with Crippen LogP contribution in [0.4, 0.5) is 0 Å². The Bertz CT molecular complexity index is 400. The molecule has 1 heterocycles. The van der Waals surface area contributed by atoms with Crippen molar-refractivity contribution < 1.29 is 14.6 Å². The Labute approximate surface area is 101 Å². The fourth-order valence-electron chi connectivity index (χ4n) is 2.14. The van der Waals surface area contributed by atoms with Crippen molar-refractivity contribution in [1.82, 2.24) is 4.90 Å². The second kappa shape index (κ2) is 5.29. The van der Waals surface area contributed by atoms with E-state index in [1.54, 1.807) is 18.2 Å². The Morgan fingerprint density at radius 2 is 2.12 bits per heavy atom. The molecule has 1 aromatic rings. The molecule has 0 spiro atoms. The molecule has 1 saturated heterocycles. The van der Waals surface area contributed by atoms with Gasteiger partial charge < -0.3 is 9.84 Å². The van der Waals surface area contributed by atoms with Crippen LogP contribution in [0, 0.1) is 0 Å². The number of rotatable bonds is 3. The molecule has 1 fully saturated rings. The van der Waals surface area contributed by atoms with E-state index in [1.807, 2.05) is 6.92 Å². The molecule has 1 aliphatic rings. The van der Waals surface area contributed by atoms with Gasteiger partial charge in [0.25, 0.3) is 0 Å². The molecular weight excluding hydrogens is 218 g/mol. The van der Waals surface area contributed by atoms with Gasteiger partial charge in [-0.3, -0.25) is 9.69 Å². The number of aromatic hydroxyl groups is 1. The van der Waals surface area contributed by atoms with Crippen molar-refractivity contribution in [3.05, 3.63) is 29.3 Å². The van der Waals surface area contributed by atoms with Gasteiger partial charge >= 0.3 is 0 Å². The number of carbonyl (C=O) groups excluding carboxylic acids is 1. The van der Waals surface area contributed by atoms with Crippen LogP contribution in [0.3, 0.4) is 0 Å². The first-order valence-corrected chi connectivity index (χ1v) is 5.82. The van der Waals surface area contributed by atoms with Crippen molar-refractivity contribution in [3.8, 4) is 5.75 Å². The average molecular weight is 235 g/mol. The van der Waals surface area contributed by atoms with Crippen molar-refractivity contribution in [2.24, 2.45) is 0 Å². The maximum absolute atomic E-state index is 10.8. The van der Waals surface area contributed by atoms with Crippen molar-refractivity contribution in [2.45, 2.75) is 13.0 Å². The molecule has 1 unspecified atom stereocenters. The van der Waals surface area contributed by atoms with Gasteiger partial charge in [0.15, 0.2) is 0 Å². The zero-order valence-electron chi connectivity index (χ0n) is 9.93. The molecule has 0 bridgehead atoms. The van der Waals surface area contributed by atoms with E-state index < -0.39 is 0 Å². The summed E-state index contributed by atoms with van der Waals surface area (Å²) in [6, 6.07) is 5.05. The SMILES string of the molecule is CC(c1cc(C=O)ccc1O)N1CCOCC1. The molecule has 4 nitrogen and oxygen atoms in total. The highest BCUT2D eigenvalue weighted by molar-refractivity contribution is 5.75. The van der Waals surface area contributed by atoms with Crippen LogP contribution in [0.1, 0.15) is 28.9 Å². The molecule has 1 aromatic carbocycles. The minimum Gasteiger partial charge on any atom is -0.508 e. The fraction of sp³-hybridized carbons (Fsp3) is 0.462. The molecule has 0 saturated carbocycles. The molecule has 0 amide bonds. The van der Waals surface area contributed by atoms with Gasteiger partial charge in [0.1, 0.15) is 12.0 Å². The van der Waals surface area contributed by atoms with Crippen LogP contribution in [0.25, 0.3) is 0 Å². The van der Waals surface area contributed by atoms with Crippen LogP contribution in [0.2, 0.25) is 0 Å². The standard InChI is InChI=1S/C13H17NO3/c1-10(14-4-6-17-7-5-14)12-8-11(9-15)2-3-13(12)16/h2-3,8-10,16H,4-7H2,1H3. The summed E-state index contributed by atoms with van der Waals surface area (Å²) >= 11 is 0. The highest BCUT2D eigenvalue weighted by atomic mass is 16.5. The van der Waals surface area contributed by atoms with Gasteiger partial charge in [0.05, 0.1) is 13.2 Å². The lowest BCUT2D eigenvalue weighted by Gasteiger charge is -2.32. The molecule has 0 aromatic heterocycles. The first kappa shape index (κ1) is 12.1. The third kappa shape index (κ3) is 2.65. The summed E-state index contributed by atoms with van der Waals surface area (Å²) in [5, 5.41) is 9.86. The summed E-state index contributed by atoms with van der Waals surface area (Å²) in [4.78, 5) is 13.0. The molecule has 92 valence electrons. The van der Waals surface area contributed by atoms with E-state index in [1.165, 1.54) is 0 Å². The van der Waals surface area contributed by atoms with E-state index in [9.17, 15) is 9.90 Å². The van der Waals surface area contributed by atoms with Crippen LogP contribution in [-0.4, -0.2) is 42.6 Å². The number of hydrogen-bond donors (Lipinski definition) is 1. The van der Waals surface area contributed by atoms with Gasteiger partial charge in [-0.05, 0) is 25.1 Å². The largest absolute Gasteiger partial charge is 0.508 e. The van der Waals surface area contributed by atoms with Gasteiger partial charge in [0, 0.05) is 30.3 Å². The first-order valence-electron chi connectivity index (χ1n) is 5.82. The zero-order valence-corrected chi connectivity index (χ0v) is 9.93. The van der Waals surface area contributed by atoms with E-state index in [0.29, 0.717) is 5.56 Å². The van der Waals surface area contributed by atoms with Gasteiger partial charge in [-0.2, -0.15) is 0 Å². The smallest absolute Gasteiger partial charge is 0.150 e. The van der Waals surface area contributed by atoms with Gasteiger partial charge in [0.2, 0.25) is 0 Å². The minimum absolute atomic E-state index is 0.0961. The van der Waals surface area contributed by atoms with Crippen molar-refractivity contribution in [1.29, 1.82) is 0 Å². The summed E-state index contributed by atoms with van der Waals surface area (Å²) in [5.41, 5.74) is 1.40. The molecule has 1 N–H and O–H groups in total. The summed E-state index contributed by atoms with van der Waals surface area (Å²) in [6.07, 6.45) is 0.801. The summed E-state index contributed by atoms with van der Waals surface area (Å²) in [5.74, 6) is 0.245. The Kier molecular flexibility index (Phi) is 3.76. The van der Waals surface area contributed by atoms with E-state index in [4.69, 9.17) is 4.74 Å². The number of hydrogen-bond acceptors (Lipinski definition) is 4. The van der Waals surface area contributed by atoms with Crippen molar-refractivity contribution in [3.63, 3.8) is 0 Å². The number of ether oxygens (including phenoxy) is 1.